The number of hydrogen-bond acceptors (Lipinski definition) is 9. The molecule has 250 valence electrons. The molecule has 1 aromatic rings. The number of carbonyl (C=O) groups is 5. The number of likely N-dealkylation sites (tertiary alicyclic amines) is 1. The van der Waals surface area contributed by atoms with E-state index in [1.165, 1.54) is 11.8 Å². The first-order chi connectivity index (χ1) is 21.3. The number of amides is 4. The van der Waals surface area contributed by atoms with Gasteiger partial charge in [0.15, 0.2) is 5.96 Å². The monoisotopic (exact) mass is 633 g/mol. The summed E-state index contributed by atoms with van der Waals surface area (Å²) in [4.78, 5) is 69.9. The van der Waals surface area contributed by atoms with Gasteiger partial charge in [0.25, 0.3) is 0 Å². The Morgan fingerprint density at radius 2 is 1.67 bits per heavy atom. The second-order valence-corrected chi connectivity index (χ2v) is 11.1. The van der Waals surface area contributed by atoms with Crippen LogP contribution in [0.5, 0.6) is 0 Å². The fourth-order valence-corrected chi connectivity index (χ4v) is 4.99. The van der Waals surface area contributed by atoms with Gasteiger partial charge in [-0.3, -0.25) is 24.2 Å². The molecule has 0 saturated carbocycles. The van der Waals surface area contributed by atoms with Crippen LogP contribution >= 0.6 is 0 Å². The average molecular weight is 634 g/mol. The third-order valence-corrected chi connectivity index (χ3v) is 7.39. The molecule has 0 spiro atoms. The summed E-state index contributed by atoms with van der Waals surface area (Å²) in [5, 5.41) is 27.6. The summed E-state index contributed by atoms with van der Waals surface area (Å²) in [6, 6.07) is 2.03. The minimum Gasteiger partial charge on any atom is -0.480 e. The molecule has 1 fully saturated rings. The minimum atomic E-state index is -1.36. The highest BCUT2D eigenvalue weighted by Crippen LogP contribution is 2.21. The molecule has 45 heavy (non-hydrogen) atoms. The highest BCUT2D eigenvalue weighted by atomic mass is 16.4. The van der Waals surface area contributed by atoms with Gasteiger partial charge in [-0.25, -0.2) is 4.79 Å². The van der Waals surface area contributed by atoms with Crippen LogP contribution in [0, 0.1) is 0 Å². The molecule has 5 atom stereocenters. The van der Waals surface area contributed by atoms with Gasteiger partial charge in [0.2, 0.25) is 23.6 Å². The van der Waals surface area contributed by atoms with Gasteiger partial charge < -0.3 is 54.0 Å². The zero-order valence-electron chi connectivity index (χ0n) is 25.6. The quantitative estimate of drug-likeness (QED) is 0.0365. The van der Waals surface area contributed by atoms with Gasteiger partial charge >= 0.3 is 5.97 Å². The van der Waals surface area contributed by atoms with E-state index in [9.17, 15) is 34.2 Å². The maximum atomic E-state index is 13.8. The maximum absolute atomic E-state index is 13.8. The number of hydrogen-bond donors (Lipinski definition) is 9. The van der Waals surface area contributed by atoms with Crippen molar-refractivity contribution in [1.82, 2.24) is 20.9 Å². The molecule has 2 rings (SSSR count). The van der Waals surface area contributed by atoms with Crippen LogP contribution in [0.2, 0.25) is 0 Å². The van der Waals surface area contributed by atoms with Crippen LogP contribution < -0.4 is 38.9 Å². The van der Waals surface area contributed by atoms with E-state index in [1.54, 1.807) is 24.3 Å². The van der Waals surface area contributed by atoms with Crippen molar-refractivity contribution in [3.05, 3.63) is 29.8 Å². The standard InChI is InChI=1S/C29H47N9O7/c1-17(39)24(37-23(40)16-18-9-11-19(31)12-10-18)26(42)35-20(6-2-3-13-30)27(43)38-15-5-8-22(38)25(41)36-21(28(44)45)7-4-14-34-29(32)33/h9-12,17,20-22,24,39H,2-8,13-16,30-31H2,1H3,(H,35,42)(H,36,41)(H,37,40)(H,44,45)(H4,32,33,34). The topological polar surface area (TPSA) is 282 Å². The number of nitrogen functional groups attached to an aromatic ring is 1. The van der Waals surface area contributed by atoms with Crippen molar-refractivity contribution < 1.29 is 34.2 Å². The molecule has 0 aromatic heterocycles. The number of aliphatic hydroxyl groups is 1. The molecule has 1 aromatic carbocycles. The Labute approximate surface area is 262 Å². The van der Waals surface area contributed by atoms with Crippen LogP contribution in [0.3, 0.4) is 0 Å². The van der Waals surface area contributed by atoms with Crippen molar-refractivity contribution in [3.63, 3.8) is 0 Å². The number of aliphatic imine (C=N–C) groups is 1. The van der Waals surface area contributed by atoms with E-state index >= 15 is 0 Å². The molecule has 13 N–H and O–H groups in total. The van der Waals surface area contributed by atoms with Crippen LogP contribution in [-0.2, 0) is 30.4 Å². The number of nitrogens with one attached hydrogen (secondary N) is 3. The first-order valence-electron chi connectivity index (χ1n) is 15.0. The van der Waals surface area contributed by atoms with Gasteiger partial charge in [-0.2, -0.15) is 0 Å². The van der Waals surface area contributed by atoms with Crippen LogP contribution in [0.15, 0.2) is 29.3 Å². The summed E-state index contributed by atoms with van der Waals surface area (Å²) in [6.45, 7) is 2.12. The number of carboxylic acid groups (broad SMARTS) is 1. The number of unbranched alkanes of at least 4 members (excludes halogenated alkanes) is 1. The van der Waals surface area contributed by atoms with Gasteiger partial charge in [0, 0.05) is 18.8 Å². The molecule has 1 saturated heterocycles. The smallest absolute Gasteiger partial charge is 0.326 e. The van der Waals surface area contributed by atoms with E-state index in [0.29, 0.717) is 49.9 Å². The number of aliphatic hydroxyl groups excluding tert-OH is 1. The third-order valence-electron chi connectivity index (χ3n) is 7.39. The van der Waals surface area contributed by atoms with Crippen LogP contribution in [0.25, 0.3) is 0 Å². The average Bonchev–Trinajstić information content (AvgIpc) is 3.47. The second kappa shape index (κ2) is 18.4. The number of rotatable bonds is 18. The molecule has 1 aliphatic rings. The maximum Gasteiger partial charge on any atom is 0.326 e. The molecule has 16 nitrogen and oxygen atoms in total. The van der Waals surface area contributed by atoms with E-state index < -0.39 is 59.9 Å². The van der Waals surface area contributed by atoms with Crippen LogP contribution in [-0.4, -0.2) is 101 Å². The lowest BCUT2D eigenvalue weighted by Gasteiger charge is -2.31. The van der Waals surface area contributed by atoms with Gasteiger partial charge in [0.1, 0.15) is 24.2 Å². The first kappa shape index (κ1) is 36.8. The predicted molar refractivity (Wildman–Crippen MR) is 167 cm³/mol. The zero-order chi connectivity index (χ0) is 33.5. The third kappa shape index (κ3) is 12.2. The summed E-state index contributed by atoms with van der Waals surface area (Å²) >= 11 is 0. The van der Waals surface area contributed by atoms with Crippen molar-refractivity contribution in [3.8, 4) is 0 Å². The molecule has 16 heteroatoms. The SMILES string of the molecule is CC(O)C(NC(=O)Cc1ccc(N)cc1)C(=O)NC(CCCCN)C(=O)N1CCCC1C(=O)NC(CCCN=C(N)N)C(=O)O. The van der Waals surface area contributed by atoms with E-state index in [0.717, 1.165) is 0 Å². The summed E-state index contributed by atoms with van der Waals surface area (Å²) in [5.41, 5.74) is 23.1. The van der Waals surface area contributed by atoms with Crippen molar-refractivity contribution >= 4 is 41.2 Å². The molecular formula is C29H47N9O7. The lowest BCUT2D eigenvalue weighted by atomic mass is 10.0. The molecule has 5 unspecified atom stereocenters. The Kier molecular flexibility index (Phi) is 15.0. The first-order valence-corrected chi connectivity index (χ1v) is 15.0. The Hall–Kier alpha value is -4.44. The number of carboxylic acids is 1. The lowest BCUT2D eigenvalue weighted by molar-refractivity contribution is -0.145. The summed E-state index contributed by atoms with van der Waals surface area (Å²) in [5.74, 6) is -3.81. The summed E-state index contributed by atoms with van der Waals surface area (Å²) < 4.78 is 0. The fraction of sp³-hybridized carbons (Fsp3) is 0.586. The van der Waals surface area contributed by atoms with Crippen molar-refractivity contribution in [2.45, 2.75) is 88.6 Å². The number of anilines is 1. The summed E-state index contributed by atoms with van der Waals surface area (Å²) in [6.07, 6.45) is 1.07. The van der Waals surface area contributed by atoms with Gasteiger partial charge in [-0.05, 0) is 76.1 Å². The molecule has 4 amide bonds. The van der Waals surface area contributed by atoms with Crippen molar-refractivity contribution in [2.75, 3.05) is 25.4 Å². The van der Waals surface area contributed by atoms with Crippen LogP contribution in [0.4, 0.5) is 5.69 Å². The zero-order valence-corrected chi connectivity index (χ0v) is 25.6. The minimum absolute atomic E-state index is 0.0637. The Morgan fingerprint density at radius 1 is 1.00 bits per heavy atom. The van der Waals surface area contributed by atoms with Crippen LogP contribution in [0.1, 0.15) is 57.4 Å². The van der Waals surface area contributed by atoms with Crippen molar-refractivity contribution in [1.29, 1.82) is 0 Å². The molecule has 0 bridgehead atoms. The molecule has 1 aliphatic heterocycles. The number of carbonyl (C=O) groups excluding carboxylic acids is 4. The number of nitrogens with two attached hydrogens (primary N) is 4. The summed E-state index contributed by atoms with van der Waals surface area (Å²) in [7, 11) is 0. The Balaban J connectivity index is 2.13. The van der Waals surface area contributed by atoms with E-state index in [4.69, 9.17) is 22.9 Å². The number of nitrogens with zero attached hydrogens (tertiary/aromatic N) is 2. The van der Waals surface area contributed by atoms with E-state index in [1.807, 2.05) is 0 Å². The van der Waals surface area contributed by atoms with Crippen molar-refractivity contribution in [2.24, 2.45) is 22.2 Å². The number of guanidine groups is 1. The Bertz CT molecular complexity index is 1190. The molecule has 0 radical (unpaired) electrons. The lowest BCUT2D eigenvalue weighted by Crippen LogP contribution is -2.59. The highest BCUT2D eigenvalue weighted by Gasteiger charge is 2.39. The predicted octanol–water partition coefficient (Wildman–Crippen LogP) is -2.10. The fourth-order valence-electron chi connectivity index (χ4n) is 4.99. The number of benzene rings is 1. The molecule has 1 heterocycles. The second-order valence-electron chi connectivity index (χ2n) is 11.1. The van der Waals surface area contributed by atoms with E-state index in [-0.39, 0.29) is 38.3 Å². The van der Waals surface area contributed by atoms with Gasteiger partial charge in [-0.1, -0.05) is 12.1 Å². The normalized spacial score (nSPS) is 17.0. The Morgan fingerprint density at radius 3 is 2.27 bits per heavy atom. The molecule has 0 aliphatic carbocycles. The van der Waals surface area contributed by atoms with Gasteiger partial charge in [0.05, 0.1) is 12.5 Å². The largest absolute Gasteiger partial charge is 0.480 e. The molecular weight excluding hydrogens is 586 g/mol. The van der Waals surface area contributed by atoms with E-state index in [2.05, 4.69) is 20.9 Å². The highest BCUT2D eigenvalue weighted by molar-refractivity contribution is 5.95. The van der Waals surface area contributed by atoms with Gasteiger partial charge in [-0.15, -0.1) is 0 Å². The number of aliphatic carboxylic acids is 1.